The van der Waals surface area contributed by atoms with E-state index in [1.165, 1.54) is 32.1 Å². The van der Waals surface area contributed by atoms with Crippen LogP contribution in [0, 0.1) is 0 Å². The monoisotopic (exact) mass is 186 g/mol. The van der Waals surface area contributed by atoms with Gasteiger partial charge < -0.3 is 9.59 Å². The molecule has 0 radical (unpaired) electrons. The Balaban J connectivity index is 2.50. The van der Waals surface area contributed by atoms with Crippen molar-refractivity contribution in [3.63, 3.8) is 0 Å². The molecule has 0 saturated heterocycles. The van der Waals surface area contributed by atoms with E-state index < -0.39 is 5.97 Å². The molecule has 0 heterocycles. The Morgan fingerprint density at radius 3 is 2.31 bits per heavy atom. The van der Waals surface area contributed by atoms with Gasteiger partial charge in [-0.2, -0.15) is 0 Å². The van der Waals surface area contributed by atoms with Crippen molar-refractivity contribution >= 4 is 5.97 Å². The lowest BCUT2D eigenvalue weighted by Crippen LogP contribution is -2.52. The van der Waals surface area contributed by atoms with Gasteiger partial charge in [-0.1, -0.05) is 6.42 Å². The summed E-state index contributed by atoms with van der Waals surface area (Å²) in [6.45, 7) is 0.255. The van der Waals surface area contributed by atoms with Crippen LogP contribution >= 0.6 is 0 Å². The summed E-state index contributed by atoms with van der Waals surface area (Å²) < 4.78 is 0.648. The molecular weight excluding hydrogens is 166 g/mol. The van der Waals surface area contributed by atoms with Crippen LogP contribution in [-0.4, -0.2) is 42.2 Å². The predicted octanol–water partition coefficient (Wildman–Crippen LogP) is 1.48. The topological polar surface area (TPSA) is 37.3 Å². The second kappa shape index (κ2) is 4.09. The quantitative estimate of drug-likeness (QED) is 0.678. The fourth-order valence-electron chi connectivity index (χ4n) is 2.26. The van der Waals surface area contributed by atoms with Gasteiger partial charge in [0, 0.05) is 0 Å². The summed E-state index contributed by atoms with van der Waals surface area (Å²) in [5, 5.41) is 8.76. The molecule has 0 unspecified atom stereocenters. The first-order valence-corrected chi connectivity index (χ1v) is 5.07. The number of hydrogen-bond acceptors (Lipinski definition) is 1. The molecule has 1 rings (SSSR count). The maximum absolute atomic E-state index is 10.6. The summed E-state index contributed by atoms with van der Waals surface area (Å²) in [7, 11) is 4.06. The third kappa shape index (κ3) is 2.99. The van der Waals surface area contributed by atoms with Gasteiger partial charge >= 0.3 is 5.97 Å². The zero-order valence-corrected chi connectivity index (χ0v) is 8.62. The number of aliphatic carboxylic acids is 1. The van der Waals surface area contributed by atoms with Crippen LogP contribution in [0.3, 0.4) is 0 Å². The van der Waals surface area contributed by atoms with E-state index in [0.29, 0.717) is 10.5 Å². The average molecular weight is 186 g/mol. The van der Waals surface area contributed by atoms with Gasteiger partial charge in [0.2, 0.25) is 0 Å². The lowest BCUT2D eigenvalue weighted by Gasteiger charge is -2.38. The van der Waals surface area contributed by atoms with E-state index in [0.717, 1.165) is 0 Å². The lowest BCUT2D eigenvalue weighted by molar-refractivity contribution is -0.909. The number of likely N-dealkylation sites (N-methyl/N-ethyl adjacent to an activating group) is 1. The number of nitrogens with zero attached hydrogens (tertiary/aromatic N) is 1. The maximum Gasteiger partial charge on any atom is 0.359 e. The number of carboxylic acids is 1. The SMILES string of the molecule is C[N+](C)(CC(=O)O)C1CCCCC1. The molecule has 1 aliphatic carbocycles. The standard InChI is InChI=1S/C10H19NO2/c1-11(2,8-10(12)13)9-6-4-3-5-7-9/h9H,3-8H2,1-2H3/p+1. The van der Waals surface area contributed by atoms with Gasteiger partial charge in [-0.05, 0) is 25.7 Å². The van der Waals surface area contributed by atoms with Crippen molar-refractivity contribution in [2.24, 2.45) is 0 Å². The molecule has 1 saturated carbocycles. The lowest BCUT2D eigenvalue weighted by atomic mass is 9.93. The van der Waals surface area contributed by atoms with Crippen LogP contribution < -0.4 is 0 Å². The molecule has 0 amide bonds. The Morgan fingerprint density at radius 2 is 1.85 bits per heavy atom. The fourth-order valence-corrected chi connectivity index (χ4v) is 2.26. The van der Waals surface area contributed by atoms with Crippen LogP contribution in [0.25, 0.3) is 0 Å². The molecule has 1 aliphatic rings. The first-order valence-electron chi connectivity index (χ1n) is 5.07. The van der Waals surface area contributed by atoms with Crippen molar-refractivity contribution in [3.05, 3.63) is 0 Å². The summed E-state index contributed by atoms with van der Waals surface area (Å²) in [6.07, 6.45) is 6.25. The highest BCUT2D eigenvalue weighted by molar-refractivity contribution is 5.67. The molecule has 76 valence electrons. The summed E-state index contributed by atoms with van der Waals surface area (Å²) in [5.41, 5.74) is 0. The van der Waals surface area contributed by atoms with E-state index in [9.17, 15) is 4.79 Å². The molecule has 0 atom stereocenters. The first kappa shape index (κ1) is 10.5. The minimum atomic E-state index is -0.685. The van der Waals surface area contributed by atoms with Gasteiger partial charge in [0.15, 0.2) is 6.54 Å². The van der Waals surface area contributed by atoms with Crippen molar-refractivity contribution in [1.29, 1.82) is 0 Å². The smallest absolute Gasteiger partial charge is 0.359 e. The molecule has 0 aromatic heterocycles. The van der Waals surface area contributed by atoms with Crippen molar-refractivity contribution < 1.29 is 14.4 Å². The second-order valence-corrected chi connectivity index (χ2v) is 4.62. The minimum Gasteiger partial charge on any atom is -0.477 e. The van der Waals surface area contributed by atoms with Gasteiger partial charge in [-0.3, -0.25) is 0 Å². The molecular formula is C10H20NO2+. The molecule has 0 aliphatic heterocycles. The second-order valence-electron chi connectivity index (χ2n) is 4.62. The summed E-state index contributed by atoms with van der Waals surface area (Å²) in [4.78, 5) is 10.6. The Hall–Kier alpha value is -0.570. The molecule has 1 fully saturated rings. The average Bonchev–Trinajstić information content (AvgIpc) is 2.04. The van der Waals surface area contributed by atoms with E-state index in [-0.39, 0.29) is 6.54 Å². The van der Waals surface area contributed by atoms with Gasteiger partial charge in [-0.25, -0.2) is 4.79 Å². The Kier molecular flexibility index (Phi) is 3.31. The predicted molar refractivity (Wildman–Crippen MR) is 51.5 cm³/mol. The van der Waals surface area contributed by atoms with Crippen LogP contribution in [0.15, 0.2) is 0 Å². The summed E-state index contributed by atoms with van der Waals surface area (Å²) in [6, 6.07) is 0.560. The number of quaternary nitrogens is 1. The zero-order valence-electron chi connectivity index (χ0n) is 8.62. The van der Waals surface area contributed by atoms with Crippen LogP contribution in [-0.2, 0) is 4.79 Å². The Morgan fingerprint density at radius 1 is 1.31 bits per heavy atom. The van der Waals surface area contributed by atoms with Crippen LogP contribution in [0.2, 0.25) is 0 Å². The Labute approximate surface area is 79.9 Å². The number of hydrogen-bond donors (Lipinski definition) is 1. The van der Waals surface area contributed by atoms with E-state index >= 15 is 0 Å². The molecule has 13 heavy (non-hydrogen) atoms. The van der Waals surface area contributed by atoms with Crippen LogP contribution in [0.4, 0.5) is 0 Å². The molecule has 0 bridgehead atoms. The Bertz CT molecular complexity index is 183. The summed E-state index contributed by atoms with van der Waals surface area (Å²) >= 11 is 0. The van der Waals surface area contributed by atoms with Gasteiger partial charge in [0.1, 0.15) is 0 Å². The summed E-state index contributed by atoms with van der Waals surface area (Å²) in [5.74, 6) is -0.685. The third-order valence-corrected chi connectivity index (χ3v) is 3.11. The van der Waals surface area contributed by atoms with Crippen LogP contribution in [0.5, 0.6) is 0 Å². The number of rotatable bonds is 3. The fraction of sp³-hybridized carbons (Fsp3) is 0.900. The first-order chi connectivity index (χ1) is 6.02. The molecule has 0 aromatic carbocycles. The van der Waals surface area contributed by atoms with Gasteiger partial charge in [-0.15, -0.1) is 0 Å². The van der Waals surface area contributed by atoms with Gasteiger partial charge in [0.25, 0.3) is 0 Å². The molecule has 3 nitrogen and oxygen atoms in total. The van der Waals surface area contributed by atoms with Crippen LogP contribution in [0.1, 0.15) is 32.1 Å². The third-order valence-electron chi connectivity index (χ3n) is 3.11. The van der Waals surface area contributed by atoms with E-state index in [2.05, 4.69) is 0 Å². The highest BCUT2D eigenvalue weighted by Crippen LogP contribution is 2.25. The number of carboxylic acid groups (broad SMARTS) is 1. The van der Waals surface area contributed by atoms with Crippen molar-refractivity contribution in [2.45, 2.75) is 38.1 Å². The highest BCUT2D eigenvalue weighted by Gasteiger charge is 2.31. The normalized spacial score (nSPS) is 20.2. The minimum absolute atomic E-state index is 0.255. The van der Waals surface area contributed by atoms with Crippen molar-refractivity contribution in [2.75, 3.05) is 20.6 Å². The maximum atomic E-state index is 10.6. The molecule has 0 aromatic rings. The van der Waals surface area contributed by atoms with E-state index in [1.54, 1.807) is 0 Å². The number of carbonyl (C=O) groups is 1. The molecule has 1 N–H and O–H groups in total. The van der Waals surface area contributed by atoms with E-state index in [1.807, 2.05) is 14.1 Å². The van der Waals surface area contributed by atoms with E-state index in [4.69, 9.17) is 5.11 Å². The molecule has 0 spiro atoms. The highest BCUT2D eigenvalue weighted by atomic mass is 16.4. The largest absolute Gasteiger partial charge is 0.477 e. The van der Waals surface area contributed by atoms with Crippen molar-refractivity contribution in [1.82, 2.24) is 0 Å². The zero-order chi connectivity index (χ0) is 9.90. The van der Waals surface area contributed by atoms with Crippen molar-refractivity contribution in [3.8, 4) is 0 Å². The molecule has 3 heteroatoms. The van der Waals surface area contributed by atoms with Gasteiger partial charge in [0.05, 0.1) is 20.1 Å².